The number of phenols is 1. The van der Waals surface area contributed by atoms with Crippen LogP contribution < -0.4 is 5.73 Å². The maximum atomic E-state index is 9.85. The summed E-state index contributed by atoms with van der Waals surface area (Å²) in [6, 6.07) is 5.87. The van der Waals surface area contributed by atoms with Crippen LogP contribution in [0.1, 0.15) is 44.7 Å². The third kappa shape index (κ3) is 3.56. The van der Waals surface area contributed by atoms with Gasteiger partial charge in [0.25, 0.3) is 0 Å². The predicted molar refractivity (Wildman–Crippen MR) is 64.2 cm³/mol. The summed E-state index contributed by atoms with van der Waals surface area (Å²) in [6.07, 6.45) is 0.692. The molecule has 0 atom stereocenters. The van der Waals surface area contributed by atoms with E-state index in [9.17, 15) is 5.11 Å². The average Bonchev–Trinajstić information content (AvgIpc) is 2.05. The van der Waals surface area contributed by atoms with E-state index in [-0.39, 0.29) is 5.54 Å². The second kappa shape index (κ2) is 4.23. The summed E-state index contributed by atoms with van der Waals surface area (Å²) in [5.41, 5.74) is 7.72. The van der Waals surface area contributed by atoms with Gasteiger partial charge in [-0.05, 0) is 43.4 Å². The van der Waals surface area contributed by atoms with Gasteiger partial charge in [-0.2, -0.15) is 0 Å². The normalized spacial score (nSPS) is 12.1. The van der Waals surface area contributed by atoms with Gasteiger partial charge in [-0.1, -0.05) is 26.0 Å². The summed E-state index contributed by atoms with van der Waals surface area (Å²) >= 11 is 0. The van der Waals surface area contributed by atoms with E-state index in [1.807, 2.05) is 26.0 Å². The Morgan fingerprint density at radius 1 is 1.33 bits per heavy atom. The molecule has 1 rings (SSSR count). The molecule has 0 aliphatic carbocycles. The fraction of sp³-hybridized carbons (Fsp3) is 0.538. The second-order valence-corrected chi connectivity index (χ2v) is 5.21. The van der Waals surface area contributed by atoms with Crippen LogP contribution in [0.25, 0.3) is 0 Å². The molecule has 2 nitrogen and oxygen atoms in total. The van der Waals surface area contributed by atoms with Crippen LogP contribution in [-0.2, 0) is 6.42 Å². The monoisotopic (exact) mass is 207 g/mol. The summed E-state index contributed by atoms with van der Waals surface area (Å²) < 4.78 is 0. The second-order valence-electron chi connectivity index (χ2n) is 5.21. The zero-order chi connectivity index (χ0) is 11.6. The molecule has 0 spiro atoms. The van der Waals surface area contributed by atoms with E-state index in [0.717, 1.165) is 11.1 Å². The Hall–Kier alpha value is -1.02. The van der Waals surface area contributed by atoms with Gasteiger partial charge in [-0.15, -0.1) is 0 Å². The van der Waals surface area contributed by atoms with Crippen LogP contribution in [0, 0.1) is 0 Å². The molecular weight excluding hydrogens is 186 g/mol. The van der Waals surface area contributed by atoms with Gasteiger partial charge < -0.3 is 10.8 Å². The van der Waals surface area contributed by atoms with Gasteiger partial charge in [0.1, 0.15) is 5.75 Å². The highest BCUT2D eigenvalue weighted by Crippen LogP contribution is 2.25. The number of rotatable bonds is 3. The number of nitrogens with two attached hydrogens (primary N) is 1. The van der Waals surface area contributed by atoms with E-state index >= 15 is 0 Å². The first-order valence-corrected chi connectivity index (χ1v) is 5.40. The van der Waals surface area contributed by atoms with Crippen LogP contribution in [0.5, 0.6) is 5.75 Å². The first-order valence-electron chi connectivity index (χ1n) is 5.40. The molecule has 0 aliphatic heterocycles. The number of hydrogen-bond acceptors (Lipinski definition) is 2. The SMILES string of the molecule is CC(C)c1ccc(CC(C)(C)N)c(O)c1. The lowest BCUT2D eigenvalue weighted by Gasteiger charge is -2.19. The molecule has 15 heavy (non-hydrogen) atoms. The standard InChI is InChI=1S/C13H21NO/c1-9(2)10-5-6-11(12(15)7-10)8-13(3,4)14/h5-7,9,15H,8,14H2,1-4H3. The molecule has 0 saturated carbocycles. The summed E-state index contributed by atoms with van der Waals surface area (Å²) in [5, 5.41) is 9.85. The zero-order valence-electron chi connectivity index (χ0n) is 10.0. The van der Waals surface area contributed by atoms with Crippen molar-refractivity contribution in [3.63, 3.8) is 0 Å². The van der Waals surface area contributed by atoms with Crippen molar-refractivity contribution < 1.29 is 5.11 Å². The maximum Gasteiger partial charge on any atom is 0.119 e. The smallest absolute Gasteiger partial charge is 0.119 e. The molecule has 1 aromatic rings. The van der Waals surface area contributed by atoms with Crippen molar-refractivity contribution in [3.8, 4) is 5.75 Å². The van der Waals surface area contributed by atoms with Gasteiger partial charge in [0.2, 0.25) is 0 Å². The third-order valence-electron chi connectivity index (χ3n) is 2.42. The summed E-state index contributed by atoms with van der Waals surface area (Å²) in [5.74, 6) is 0.801. The first-order chi connectivity index (χ1) is 6.79. The highest BCUT2D eigenvalue weighted by atomic mass is 16.3. The van der Waals surface area contributed by atoms with Crippen LogP contribution in [0.15, 0.2) is 18.2 Å². The molecule has 0 aromatic heterocycles. The molecule has 0 unspecified atom stereocenters. The molecule has 2 heteroatoms. The molecule has 0 aliphatic rings. The Balaban J connectivity index is 2.94. The minimum Gasteiger partial charge on any atom is -0.508 e. The van der Waals surface area contributed by atoms with Crippen molar-refractivity contribution in [2.75, 3.05) is 0 Å². The highest BCUT2D eigenvalue weighted by Gasteiger charge is 2.14. The molecule has 0 amide bonds. The molecule has 0 radical (unpaired) electrons. The van der Waals surface area contributed by atoms with E-state index in [1.165, 1.54) is 0 Å². The Kier molecular flexibility index (Phi) is 3.40. The summed E-state index contributed by atoms with van der Waals surface area (Å²) in [6.45, 7) is 8.15. The Morgan fingerprint density at radius 2 is 1.93 bits per heavy atom. The maximum absolute atomic E-state index is 9.85. The first kappa shape index (κ1) is 12.1. The highest BCUT2D eigenvalue weighted by molar-refractivity contribution is 5.38. The number of hydrogen-bond donors (Lipinski definition) is 2. The zero-order valence-corrected chi connectivity index (χ0v) is 10.0. The van der Waals surface area contributed by atoms with E-state index in [0.29, 0.717) is 18.1 Å². The molecule has 1 aromatic carbocycles. The minimum atomic E-state index is -0.281. The van der Waals surface area contributed by atoms with Gasteiger partial charge in [0, 0.05) is 5.54 Å². The number of aromatic hydroxyl groups is 1. The van der Waals surface area contributed by atoms with Crippen LogP contribution in [0.3, 0.4) is 0 Å². The largest absolute Gasteiger partial charge is 0.508 e. The van der Waals surface area contributed by atoms with Crippen molar-refractivity contribution in [2.45, 2.75) is 45.6 Å². The Bertz CT molecular complexity index is 337. The van der Waals surface area contributed by atoms with Crippen LogP contribution in [0.4, 0.5) is 0 Å². The molecular formula is C13H21NO. The number of phenolic OH excluding ortho intramolecular Hbond substituents is 1. The Morgan fingerprint density at radius 3 is 2.33 bits per heavy atom. The van der Waals surface area contributed by atoms with Crippen molar-refractivity contribution >= 4 is 0 Å². The van der Waals surface area contributed by atoms with Gasteiger partial charge in [0.15, 0.2) is 0 Å². The van der Waals surface area contributed by atoms with Crippen molar-refractivity contribution in [2.24, 2.45) is 5.73 Å². The molecule has 3 N–H and O–H groups in total. The summed E-state index contributed by atoms with van der Waals surface area (Å²) in [4.78, 5) is 0. The van der Waals surface area contributed by atoms with Crippen LogP contribution in [0.2, 0.25) is 0 Å². The van der Waals surface area contributed by atoms with Gasteiger partial charge >= 0.3 is 0 Å². The van der Waals surface area contributed by atoms with E-state index in [2.05, 4.69) is 19.9 Å². The van der Waals surface area contributed by atoms with Crippen molar-refractivity contribution in [1.29, 1.82) is 0 Å². The van der Waals surface area contributed by atoms with E-state index in [4.69, 9.17) is 5.73 Å². The Labute approximate surface area is 92.1 Å². The molecule has 0 fully saturated rings. The fourth-order valence-corrected chi connectivity index (χ4v) is 1.58. The fourth-order valence-electron chi connectivity index (χ4n) is 1.58. The average molecular weight is 207 g/mol. The lowest BCUT2D eigenvalue weighted by molar-refractivity contribution is 0.449. The van der Waals surface area contributed by atoms with Crippen molar-refractivity contribution in [1.82, 2.24) is 0 Å². The quantitative estimate of drug-likeness (QED) is 0.800. The number of benzene rings is 1. The van der Waals surface area contributed by atoms with Crippen LogP contribution in [-0.4, -0.2) is 10.6 Å². The lowest BCUT2D eigenvalue weighted by atomic mass is 9.93. The molecule has 0 bridgehead atoms. The van der Waals surface area contributed by atoms with E-state index < -0.39 is 0 Å². The predicted octanol–water partition coefficient (Wildman–Crippen LogP) is 2.80. The third-order valence-corrected chi connectivity index (χ3v) is 2.42. The van der Waals surface area contributed by atoms with Crippen LogP contribution >= 0.6 is 0 Å². The summed E-state index contributed by atoms with van der Waals surface area (Å²) in [7, 11) is 0. The van der Waals surface area contributed by atoms with Crippen molar-refractivity contribution in [3.05, 3.63) is 29.3 Å². The molecule has 0 saturated heterocycles. The topological polar surface area (TPSA) is 46.2 Å². The minimum absolute atomic E-state index is 0.281. The van der Waals surface area contributed by atoms with Gasteiger partial charge in [-0.3, -0.25) is 0 Å². The lowest BCUT2D eigenvalue weighted by Crippen LogP contribution is -2.34. The molecule has 84 valence electrons. The molecule has 0 heterocycles. The van der Waals surface area contributed by atoms with Gasteiger partial charge in [-0.25, -0.2) is 0 Å². The van der Waals surface area contributed by atoms with Gasteiger partial charge in [0.05, 0.1) is 0 Å². The van der Waals surface area contributed by atoms with E-state index in [1.54, 1.807) is 0 Å².